The van der Waals surface area contributed by atoms with Crippen LogP contribution in [0.4, 0.5) is 10.8 Å². The molecule has 12 nitrogen and oxygen atoms in total. The molecule has 240 valence electrons. The van der Waals surface area contributed by atoms with E-state index >= 15 is 0 Å². The maximum atomic E-state index is 13.2. The minimum Gasteiger partial charge on any atom is -0.481 e. The van der Waals surface area contributed by atoms with Gasteiger partial charge in [-0.2, -0.15) is 0 Å². The van der Waals surface area contributed by atoms with Gasteiger partial charge in [0, 0.05) is 31.8 Å². The van der Waals surface area contributed by atoms with Gasteiger partial charge in [-0.25, -0.2) is 13.4 Å². The van der Waals surface area contributed by atoms with Crippen LogP contribution in [-0.4, -0.2) is 85.6 Å². The van der Waals surface area contributed by atoms with Gasteiger partial charge in [-0.3, -0.25) is 18.7 Å². The van der Waals surface area contributed by atoms with E-state index in [1.807, 2.05) is 0 Å². The molecule has 3 heterocycles. The molecule has 1 aliphatic rings. The zero-order valence-corrected chi connectivity index (χ0v) is 26.9. The number of amides is 2. The van der Waals surface area contributed by atoms with E-state index in [0.29, 0.717) is 55.1 Å². The highest BCUT2D eigenvalue weighted by molar-refractivity contribution is 7.94. The SMILES string of the molecule is O=C(O)CCCCCCC(=O)NCCN1CCC(C(=O)Nc2nc3ccc(N(CCO)S(=O)(=O)c4cccs4)cc3s2)CC1. The highest BCUT2D eigenvalue weighted by atomic mass is 32.2. The molecule has 3 aromatic rings. The largest absolute Gasteiger partial charge is 0.481 e. The van der Waals surface area contributed by atoms with Crippen molar-refractivity contribution in [3.8, 4) is 0 Å². The Balaban J connectivity index is 1.21. The first-order valence-corrected chi connectivity index (χ1v) is 17.9. The molecule has 0 spiro atoms. The van der Waals surface area contributed by atoms with Crippen molar-refractivity contribution in [2.24, 2.45) is 5.92 Å². The number of hydrogen-bond donors (Lipinski definition) is 4. The first-order chi connectivity index (χ1) is 21.2. The van der Waals surface area contributed by atoms with Crippen LogP contribution in [-0.2, 0) is 24.4 Å². The molecule has 2 aromatic heterocycles. The second-order valence-corrected chi connectivity index (χ2v) is 14.7. The highest BCUT2D eigenvalue weighted by Gasteiger charge is 2.27. The summed E-state index contributed by atoms with van der Waals surface area (Å²) >= 11 is 2.39. The lowest BCUT2D eigenvalue weighted by Gasteiger charge is -2.31. The fourth-order valence-corrected chi connectivity index (χ4v) is 8.56. The van der Waals surface area contributed by atoms with Crippen LogP contribution in [0.5, 0.6) is 0 Å². The van der Waals surface area contributed by atoms with Crippen molar-refractivity contribution in [2.45, 2.75) is 55.6 Å². The molecule has 44 heavy (non-hydrogen) atoms. The smallest absolute Gasteiger partial charge is 0.303 e. The first kappa shape index (κ1) is 33.8. The molecular weight excluding hydrogens is 627 g/mol. The number of nitrogens with one attached hydrogen (secondary N) is 2. The Bertz CT molecular complexity index is 1500. The summed E-state index contributed by atoms with van der Waals surface area (Å²) in [6.45, 7) is 2.34. The summed E-state index contributed by atoms with van der Waals surface area (Å²) in [7, 11) is -3.83. The summed E-state index contributed by atoms with van der Waals surface area (Å²) < 4.78 is 28.4. The molecule has 0 saturated carbocycles. The third-order valence-electron chi connectivity index (χ3n) is 7.49. The molecule has 2 amide bonds. The van der Waals surface area contributed by atoms with Crippen molar-refractivity contribution in [3.05, 3.63) is 35.7 Å². The molecule has 1 fully saturated rings. The lowest BCUT2D eigenvalue weighted by atomic mass is 9.96. The van der Waals surface area contributed by atoms with Gasteiger partial charge in [-0.1, -0.05) is 30.2 Å². The zero-order chi connectivity index (χ0) is 31.5. The Morgan fingerprint density at radius 3 is 2.50 bits per heavy atom. The van der Waals surface area contributed by atoms with Gasteiger partial charge in [0.1, 0.15) is 4.21 Å². The number of aliphatic carboxylic acids is 1. The van der Waals surface area contributed by atoms with E-state index in [1.165, 1.54) is 21.7 Å². The van der Waals surface area contributed by atoms with E-state index in [4.69, 9.17) is 5.11 Å². The Morgan fingerprint density at radius 2 is 1.82 bits per heavy atom. The molecule has 1 saturated heterocycles. The number of aliphatic hydroxyl groups excluding tert-OH is 1. The summed E-state index contributed by atoms with van der Waals surface area (Å²) in [5.74, 6) is -1.03. The minimum atomic E-state index is -3.83. The molecule has 0 aliphatic carbocycles. The predicted octanol–water partition coefficient (Wildman–Crippen LogP) is 3.74. The van der Waals surface area contributed by atoms with Crippen molar-refractivity contribution < 1.29 is 33.0 Å². The average molecular weight is 666 g/mol. The number of sulfonamides is 1. The monoisotopic (exact) mass is 665 g/mol. The van der Waals surface area contributed by atoms with Gasteiger partial charge in [0.15, 0.2) is 5.13 Å². The van der Waals surface area contributed by atoms with Gasteiger partial charge in [-0.15, -0.1) is 11.3 Å². The maximum Gasteiger partial charge on any atom is 0.303 e. The van der Waals surface area contributed by atoms with Crippen molar-refractivity contribution in [2.75, 3.05) is 49.0 Å². The second kappa shape index (κ2) is 16.3. The van der Waals surface area contributed by atoms with Crippen molar-refractivity contribution in [1.29, 1.82) is 0 Å². The molecule has 1 aromatic carbocycles. The number of hydrogen-bond acceptors (Lipinski definition) is 10. The van der Waals surface area contributed by atoms with Gasteiger partial charge in [0.05, 0.1) is 29.1 Å². The number of carbonyl (C=O) groups excluding carboxylic acids is 2. The van der Waals surface area contributed by atoms with Crippen LogP contribution in [0.15, 0.2) is 39.9 Å². The first-order valence-electron chi connectivity index (χ1n) is 14.8. The number of thiazole rings is 1. The van der Waals surface area contributed by atoms with Gasteiger partial charge >= 0.3 is 5.97 Å². The molecule has 0 bridgehead atoms. The third kappa shape index (κ3) is 9.44. The number of piperidine rings is 1. The van der Waals surface area contributed by atoms with Crippen LogP contribution in [0.25, 0.3) is 10.2 Å². The molecule has 15 heteroatoms. The number of likely N-dealkylation sites (tertiary alicyclic amines) is 1. The zero-order valence-electron chi connectivity index (χ0n) is 24.4. The van der Waals surface area contributed by atoms with E-state index in [-0.39, 0.29) is 41.5 Å². The van der Waals surface area contributed by atoms with Crippen LogP contribution in [0.3, 0.4) is 0 Å². The topological polar surface area (TPSA) is 169 Å². The summed E-state index contributed by atoms with van der Waals surface area (Å²) in [5, 5.41) is 26.2. The number of aromatic nitrogens is 1. The van der Waals surface area contributed by atoms with Gasteiger partial charge < -0.3 is 25.7 Å². The number of carbonyl (C=O) groups is 3. The van der Waals surface area contributed by atoms with Crippen molar-refractivity contribution in [1.82, 2.24) is 15.2 Å². The summed E-state index contributed by atoms with van der Waals surface area (Å²) in [4.78, 5) is 42.4. The van der Waals surface area contributed by atoms with Gasteiger partial charge in [0.2, 0.25) is 11.8 Å². The Labute approximate surface area is 265 Å². The summed E-state index contributed by atoms with van der Waals surface area (Å²) in [6.07, 6.45) is 5.06. The summed E-state index contributed by atoms with van der Waals surface area (Å²) in [6, 6.07) is 8.27. The number of benzene rings is 1. The van der Waals surface area contributed by atoms with E-state index in [0.717, 1.165) is 48.4 Å². The molecular formula is C29H39N5O7S3. The summed E-state index contributed by atoms with van der Waals surface area (Å²) in [5.41, 5.74) is 1.06. The molecule has 1 aliphatic heterocycles. The van der Waals surface area contributed by atoms with Crippen molar-refractivity contribution >= 4 is 71.5 Å². The number of unbranched alkanes of at least 4 members (excludes halogenated alkanes) is 3. The predicted molar refractivity (Wildman–Crippen MR) is 172 cm³/mol. The van der Waals surface area contributed by atoms with Gasteiger partial charge in [0.25, 0.3) is 10.0 Å². The molecule has 4 N–H and O–H groups in total. The van der Waals surface area contributed by atoms with Gasteiger partial charge in [-0.05, 0) is 68.4 Å². The average Bonchev–Trinajstić information content (AvgIpc) is 3.68. The fraction of sp³-hybridized carbons (Fsp3) is 0.517. The number of rotatable bonds is 17. The van der Waals surface area contributed by atoms with E-state index < -0.39 is 16.0 Å². The third-order valence-corrected chi connectivity index (χ3v) is 11.6. The Morgan fingerprint density at radius 1 is 1.07 bits per heavy atom. The number of carboxylic acids is 1. The van der Waals surface area contributed by atoms with Crippen LogP contribution in [0.2, 0.25) is 0 Å². The van der Waals surface area contributed by atoms with E-state index in [9.17, 15) is 27.9 Å². The van der Waals surface area contributed by atoms with Crippen LogP contribution in [0.1, 0.15) is 51.4 Å². The number of thiophene rings is 1. The maximum absolute atomic E-state index is 13.2. The van der Waals surface area contributed by atoms with Crippen molar-refractivity contribution in [3.63, 3.8) is 0 Å². The lowest BCUT2D eigenvalue weighted by Crippen LogP contribution is -2.41. The standard InChI is InChI=1S/C29H39N5O7S3/c35-18-17-34(44(40,41)27-8-5-19-42-27)22-9-10-23-24(20-22)43-29(31-23)32-28(39)21-11-14-33(15-12-21)16-13-30-25(36)6-3-1-2-4-7-26(37)38/h5,8-10,19-21,35H,1-4,6-7,11-18H2,(H,30,36)(H,37,38)(H,31,32,39). The second-order valence-electron chi connectivity index (χ2n) is 10.7. The number of carboxylic acid groups (broad SMARTS) is 1. The quantitative estimate of drug-likeness (QED) is 0.157. The lowest BCUT2D eigenvalue weighted by molar-refractivity contribution is -0.137. The molecule has 0 unspecified atom stereocenters. The van der Waals surface area contributed by atoms with E-state index in [2.05, 4.69) is 20.5 Å². The minimum absolute atomic E-state index is 0.00527. The Hall–Kier alpha value is -3.11. The van der Waals surface area contributed by atoms with Crippen LogP contribution >= 0.6 is 22.7 Å². The normalized spacial score (nSPS) is 14.5. The molecule has 0 atom stereocenters. The van der Waals surface area contributed by atoms with Crippen LogP contribution < -0.4 is 14.9 Å². The Kier molecular flexibility index (Phi) is 12.5. The van der Waals surface area contributed by atoms with Crippen LogP contribution in [0, 0.1) is 5.92 Å². The number of nitrogens with zero attached hydrogens (tertiary/aromatic N) is 3. The van der Waals surface area contributed by atoms with E-state index in [1.54, 1.807) is 29.6 Å². The molecule has 0 radical (unpaired) electrons. The fourth-order valence-electron chi connectivity index (χ4n) is 5.10. The molecule has 4 rings (SSSR count). The number of aliphatic hydroxyl groups is 1. The highest BCUT2D eigenvalue weighted by Crippen LogP contribution is 2.33. The number of anilines is 2. The number of fused-ring (bicyclic) bond motifs is 1.